The molecule has 1 aromatic heterocycles. The number of rotatable bonds is 2. The van der Waals surface area contributed by atoms with Gasteiger partial charge >= 0.3 is 0 Å². The molecule has 1 saturated carbocycles. The van der Waals surface area contributed by atoms with Crippen LogP contribution in [0.3, 0.4) is 0 Å². The van der Waals surface area contributed by atoms with E-state index < -0.39 is 0 Å². The fraction of sp³-hybridized carbons (Fsp3) is 0.556. The van der Waals surface area contributed by atoms with E-state index in [0.29, 0.717) is 0 Å². The predicted octanol–water partition coefficient (Wildman–Crippen LogP) is 0.819. The van der Waals surface area contributed by atoms with Crippen molar-refractivity contribution in [2.75, 3.05) is 0 Å². The number of aromatic nitrogens is 2. The summed E-state index contributed by atoms with van der Waals surface area (Å²) in [5, 5.41) is 0. The lowest BCUT2D eigenvalue weighted by molar-refractivity contribution is 0.664. The number of hydrogen-bond acceptors (Lipinski definition) is 3. The van der Waals surface area contributed by atoms with Crippen LogP contribution < -0.4 is 5.73 Å². The van der Waals surface area contributed by atoms with Gasteiger partial charge in [-0.15, -0.1) is 0 Å². The first-order valence-electron chi connectivity index (χ1n) is 4.24. The molecule has 1 aliphatic rings. The fourth-order valence-corrected chi connectivity index (χ4v) is 1.31. The van der Waals surface area contributed by atoms with Crippen LogP contribution in [0, 0.1) is 6.92 Å². The van der Waals surface area contributed by atoms with Crippen LogP contribution in [0.15, 0.2) is 12.5 Å². The van der Waals surface area contributed by atoms with Gasteiger partial charge in [-0.2, -0.15) is 0 Å². The van der Waals surface area contributed by atoms with Crippen LogP contribution in [0.2, 0.25) is 0 Å². The number of hydrogen-bond donors (Lipinski definition) is 1. The van der Waals surface area contributed by atoms with Gasteiger partial charge in [0.25, 0.3) is 0 Å². The normalized spacial score (nSPS) is 19.2. The number of aryl methyl sites for hydroxylation is 1. The molecule has 0 amide bonds. The smallest absolute Gasteiger partial charge is 0.115 e. The second kappa shape index (κ2) is 2.52. The van der Waals surface area contributed by atoms with E-state index >= 15 is 0 Å². The first kappa shape index (κ1) is 7.68. The van der Waals surface area contributed by atoms with Gasteiger partial charge in [0.2, 0.25) is 0 Å². The van der Waals surface area contributed by atoms with Crippen LogP contribution in [0.1, 0.15) is 24.1 Å². The Morgan fingerprint density at radius 1 is 1.58 bits per heavy atom. The molecular weight excluding hydrogens is 150 g/mol. The molecule has 1 aliphatic carbocycles. The van der Waals surface area contributed by atoms with Crippen molar-refractivity contribution in [2.45, 2.75) is 31.7 Å². The lowest BCUT2D eigenvalue weighted by Crippen LogP contribution is -2.25. The van der Waals surface area contributed by atoms with E-state index in [1.54, 1.807) is 6.33 Å². The summed E-state index contributed by atoms with van der Waals surface area (Å²) in [4.78, 5) is 8.12. The van der Waals surface area contributed by atoms with Gasteiger partial charge in [-0.3, -0.25) is 0 Å². The molecule has 0 aliphatic heterocycles. The van der Waals surface area contributed by atoms with Gasteiger partial charge in [-0.05, 0) is 31.7 Å². The standard InChI is InChI=1S/C9H13N3/c1-7-8(5-11-6-12-7)4-9(10)2-3-9/h5-6H,2-4,10H2,1H3. The van der Waals surface area contributed by atoms with Crippen molar-refractivity contribution in [3.63, 3.8) is 0 Å². The predicted molar refractivity (Wildman–Crippen MR) is 46.6 cm³/mol. The molecule has 2 N–H and O–H groups in total. The largest absolute Gasteiger partial charge is 0.325 e. The second-order valence-corrected chi connectivity index (χ2v) is 3.67. The second-order valence-electron chi connectivity index (χ2n) is 3.67. The van der Waals surface area contributed by atoms with Crippen LogP contribution in [0.25, 0.3) is 0 Å². The molecule has 2 rings (SSSR count). The van der Waals surface area contributed by atoms with Crippen LogP contribution >= 0.6 is 0 Å². The van der Waals surface area contributed by atoms with Crippen molar-refractivity contribution in [3.05, 3.63) is 23.8 Å². The van der Waals surface area contributed by atoms with Gasteiger partial charge in [0, 0.05) is 17.4 Å². The van der Waals surface area contributed by atoms with Crippen molar-refractivity contribution in [3.8, 4) is 0 Å². The molecule has 1 fully saturated rings. The van der Waals surface area contributed by atoms with E-state index in [2.05, 4.69) is 9.97 Å². The molecule has 0 unspecified atom stereocenters. The number of nitrogens with zero attached hydrogens (tertiary/aromatic N) is 2. The zero-order valence-electron chi connectivity index (χ0n) is 7.25. The Morgan fingerprint density at radius 2 is 2.33 bits per heavy atom. The molecule has 0 bridgehead atoms. The summed E-state index contributed by atoms with van der Waals surface area (Å²) in [5.74, 6) is 0. The monoisotopic (exact) mass is 163 g/mol. The Kier molecular flexibility index (Phi) is 1.61. The zero-order valence-corrected chi connectivity index (χ0v) is 7.25. The van der Waals surface area contributed by atoms with E-state index in [0.717, 1.165) is 25.0 Å². The van der Waals surface area contributed by atoms with E-state index in [1.165, 1.54) is 5.56 Å². The minimum Gasteiger partial charge on any atom is -0.325 e. The topological polar surface area (TPSA) is 51.8 Å². The molecule has 1 heterocycles. The van der Waals surface area contributed by atoms with Crippen LogP contribution in [0.5, 0.6) is 0 Å². The van der Waals surface area contributed by atoms with Gasteiger partial charge in [-0.1, -0.05) is 0 Å². The summed E-state index contributed by atoms with van der Waals surface area (Å²) in [6, 6.07) is 0. The van der Waals surface area contributed by atoms with Crippen LogP contribution in [0.4, 0.5) is 0 Å². The summed E-state index contributed by atoms with van der Waals surface area (Å²) in [7, 11) is 0. The van der Waals surface area contributed by atoms with Crippen molar-refractivity contribution in [2.24, 2.45) is 5.73 Å². The minimum absolute atomic E-state index is 0.0650. The van der Waals surface area contributed by atoms with Gasteiger partial charge < -0.3 is 5.73 Å². The molecule has 0 saturated heterocycles. The Labute approximate surface area is 72.0 Å². The molecule has 64 valence electrons. The minimum atomic E-state index is 0.0650. The van der Waals surface area contributed by atoms with Crippen LogP contribution in [-0.4, -0.2) is 15.5 Å². The van der Waals surface area contributed by atoms with Gasteiger partial charge in [0.1, 0.15) is 6.33 Å². The Hall–Kier alpha value is -0.960. The Balaban J connectivity index is 2.17. The molecule has 1 aromatic rings. The van der Waals surface area contributed by atoms with Gasteiger partial charge in [0.15, 0.2) is 0 Å². The molecular formula is C9H13N3. The quantitative estimate of drug-likeness (QED) is 0.702. The highest BCUT2D eigenvalue weighted by molar-refractivity contribution is 5.20. The maximum absolute atomic E-state index is 5.99. The molecule has 12 heavy (non-hydrogen) atoms. The van der Waals surface area contributed by atoms with Crippen molar-refractivity contribution >= 4 is 0 Å². The third-order valence-electron chi connectivity index (χ3n) is 2.45. The van der Waals surface area contributed by atoms with Crippen molar-refractivity contribution < 1.29 is 0 Å². The third-order valence-corrected chi connectivity index (χ3v) is 2.45. The molecule has 0 atom stereocenters. The SMILES string of the molecule is Cc1ncncc1CC1(N)CC1. The molecule has 0 spiro atoms. The van der Waals surface area contributed by atoms with Gasteiger partial charge in [0.05, 0.1) is 0 Å². The fourth-order valence-electron chi connectivity index (χ4n) is 1.31. The third kappa shape index (κ3) is 1.46. The summed E-state index contributed by atoms with van der Waals surface area (Å²) in [6.45, 7) is 2.00. The molecule has 0 aromatic carbocycles. The maximum atomic E-state index is 5.99. The Morgan fingerprint density at radius 3 is 2.92 bits per heavy atom. The summed E-state index contributed by atoms with van der Waals surface area (Å²) < 4.78 is 0. The van der Waals surface area contributed by atoms with E-state index in [-0.39, 0.29) is 5.54 Å². The lowest BCUT2D eigenvalue weighted by Gasteiger charge is -2.08. The average Bonchev–Trinajstić information content (AvgIpc) is 2.74. The van der Waals surface area contributed by atoms with Crippen LogP contribution in [-0.2, 0) is 6.42 Å². The van der Waals surface area contributed by atoms with Crippen molar-refractivity contribution in [1.29, 1.82) is 0 Å². The summed E-state index contributed by atoms with van der Waals surface area (Å²) in [6.07, 6.45) is 6.66. The highest BCUT2D eigenvalue weighted by Gasteiger charge is 2.38. The summed E-state index contributed by atoms with van der Waals surface area (Å²) >= 11 is 0. The molecule has 3 heteroatoms. The maximum Gasteiger partial charge on any atom is 0.115 e. The molecule has 3 nitrogen and oxygen atoms in total. The Bertz CT molecular complexity index is 292. The first-order chi connectivity index (χ1) is 5.70. The van der Waals surface area contributed by atoms with E-state index in [4.69, 9.17) is 5.73 Å². The highest BCUT2D eigenvalue weighted by atomic mass is 14.8. The summed E-state index contributed by atoms with van der Waals surface area (Å²) in [5.41, 5.74) is 8.31. The van der Waals surface area contributed by atoms with Gasteiger partial charge in [-0.25, -0.2) is 9.97 Å². The highest BCUT2D eigenvalue weighted by Crippen LogP contribution is 2.35. The number of nitrogens with two attached hydrogens (primary N) is 1. The van der Waals surface area contributed by atoms with Crippen molar-refractivity contribution in [1.82, 2.24) is 9.97 Å². The zero-order chi connectivity index (χ0) is 8.60. The average molecular weight is 163 g/mol. The lowest BCUT2D eigenvalue weighted by atomic mass is 10.1. The first-order valence-corrected chi connectivity index (χ1v) is 4.24. The van der Waals surface area contributed by atoms with E-state index in [9.17, 15) is 0 Å². The molecule has 0 radical (unpaired) electrons. The van der Waals surface area contributed by atoms with E-state index in [1.807, 2.05) is 13.1 Å².